The van der Waals surface area contributed by atoms with Crippen molar-refractivity contribution in [2.24, 2.45) is 0 Å². The molecule has 0 aliphatic carbocycles. The molecule has 41 heavy (non-hydrogen) atoms. The lowest BCUT2D eigenvalue weighted by Gasteiger charge is -2.26. The first kappa shape index (κ1) is 27.4. The van der Waals surface area contributed by atoms with Gasteiger partial charge >= 0.3 is 0 Å². The van der Waals surface area contributed by atoms with Crippen LogP contribution in [0, 0.1) is 13.8 Å². The average molecular weight is 558 g/mol. The monoisotopic (exact) mass is 557 g/mol. The number of nitrogens with zero attached hydrogens (tertiary/aromatic N) is 3. The smallest absolute Gasteiger partial charge is 0.168 e. The fraction of sp³-hybridized carbons (Fsp3) is 0.297. The molecule has 0 unspecified atom stereocenters. The Bertz CT molecular complexity index is 1870. The van der Waals surface area contributed by atoms with Crippen LogP contribution in [0.25, 0.3) is 48.4 Å². The van der Waals surface area contributed by atoms with Crippen LogP contribution in [0.3, 0.4) is 0 Å². The lowest BCUT2D eigenvalue weighted by Crippen LogP contribution is -2.23. The van der Waals surface area contributed by atoms with Crippen LogP contribution in [0.5, 0.6) is 0 Å². The van der Waals surface area contributed by atoms with Crippen LogP contribution in [0.2, 0.25) is 0 Å². The molecule has 0 aliphatic heterocycles. The molecule has 2 heterocycles. The van der Waals surface area contributed by atoms with Gasteiger partial charge in [-0.2, -0.15) is 0 Å². The minimum Gasteiger partial charge on any atom is -0.278 e. The molecule has 0 saturated carbocycles. The summed E-state index contributed by atoms with van der Waals surface area (Å²) in [5.41, 5.74) is 8.58. The van der Waals surface area contributed by atoms with Gasteiger partial charge in [-0.1, -0.05) is 95.1 Å². The predicted octanol–water partition coefficient (Wildman–Crippen LogP) is 10.6. The SMILES string of the molecule is CCCCC(C)(C)c1nnc(-c2cccc(CC)c2)n1-c1ccc(-c2ccc3c(sc4ccccc43)c2C)cc1C. The van der Waals surface area contributed by atoms with Crippen LogP contribution in [0.15, 0.2) is 78.9 Å². The van der Waals surface area contributed by atoms with Crippen LogP contribution >= 0.6 is 11.3 Å². The molecule has 208 valence electrons. The van der Waals surface area contributed by atoms with E-state index in [1.807, 2.05) is 11.3 Å². The summed E-state index contributed by atoms with van der Waals surface area (Å²) in [7, 11) is 0. The first-order valence-electron chi connectivity index (χ1n) is 14.9. The number of fused-ring (bicyclic) bond motifs is 3. The van der Waals surface area contributed by atoms with Crippen molar-refractivity contribution in [2.45, 2.75) is 72.6 Å². The number of aromatic nitrogens is 3. The molecule has 2 aromatic heterocycles. The predicted molar refractivity (Wildman–Crippen MR) is 177 cm³/mol. The number of aryl methyl sites for hydroxylation is 3. The maximum Gasteiger partial charge on any atom is 0.168 e. The van der Waals surface area contributed by atoms with Crippen molar-refractivity contribution in [3.05, 3.63) is 101 Å². The summed E-state index contributed by atoms with van der Waals surface area (Å²) in [6.45, 7) is 13.6. The summed E-state index contributed by atoms with van der Waals surface area (Å²) in [4.78, 5) is 0. The second-order valence-corrected chi connectivity index (χ2v) is 13.0. The average Bonchev–Trinajstić information content (AvgIpc) is 3.60. The molecule has 6 rings (SSSR count). The number of hydrogen-bond acceptors (Lipinski definition) is 3. The lowest BCUT2D eigenvalue weighted by atomic mass is 9.86. The Morgan fingerprint density at radius 2 is 1.63 bits per heavy atom. The van der Waals surface area contributed by atoms with Crippen molar-refractivity contribution >= 4 is 31.5 Å². The molecule has 4 aromatic carbocycles. The Morgan fingerprint density at radius 3 is 2.41 bits per heavy atom. The van der Waals surface area contributed by atoms with Crippen molar-refractivity contribution in [2.75, 3.05) is 0 Å². The molecule has 0 atom stereocenters. The van der Waals surface area contributed by atoms with E-state index in [2.05, 4.69) is 125 Å². The zero-order valence-electron chi connectivity index (χ0n) is 25.1. The Balaban J connectivity index is 1.49. The number of thiophene rings is 1. The minimum atomic E-state index is -0.0997. The van der Waals surface area contributed by atoms with Crippen molar-refractivity contribution in [3.63, 3.8) is 0 Å². The molecular formula is C37H39N3S. The minimum absolute atomic E-state index is 0.0997. The third kappa shape index (κ3) is 4.89. The molecule has 4 heteroatoms. The van der Waals surface area contributed by atoms with Gasteiger partial charge in [0.15, 0.2) is 5.82 Å². The van der Waals surface area contributed by atoms with Crippen LogP contribution in [-0.4, -0.2) is 14.8 Å². The normalized spacial score (nSPS) is 12.0. The second kappa shape index (κ2) is 10.9. The lowest BCUT2D eigenvalue weighted by molar-refractivity contribution is 0.425. The highest BCUT2D eigenvalue weighted by Crippen LogP contribution is 2.40. The van der Waals surface area contributed by atoms with Gasteiger partial charge in [-0.15, -0.1) is 21.5 Å². The van der Waals surface area contributed by atoms with E-state index < -0.39 is 0 Å². The highest BCUT2D eigenvalue weighted by molar-refractivity contribution is 7.26. The van der Waals surface area contributed by atoms with Crippen LogP contribution < -0.4 is 0 Å². The zero-order valence-corrected chi connectivity index (χ0v) is 25.9. The van der Waals surface area contributed by atoms with Gasteiger partial charge in [-0.05, 0) is 78.8 Å². The van der Waals surface area contributed by atoms with E-state index in [9.17, 15) is 0 Å². The Kier molecular flexibility index (Phi) is 7.29. The number of rotatable bonds is 8. The summed E-state index contributed by atoms with van der Waals surface area (Å²) in [6, 6.07) is 29.0. The molecule has 3 nitrogen and oxygen atoms in total. The molecule has 0 bridgehead atoms. The molecule has 0 spiro atoms. The highest BCUT2D eigenvalue weighted by Gasteiger charge is 2.30. The van der Waals surface area contributed by atoms with Crippen molar-refractivity contribution in [1.29, 1.82) is 0 Å². The van der Waals surface area contributed by atoms with Crippen molar-refractivity contribution in [1.82, 2.24) is 14.8 Å². The number of benzene rings is 4. The van der Waals surface area contributed by atoms with E-state index in [1.54, 1.807) is 0 Å². The highest BCUT2D eigenvalue weighted by atomic mass is 32.1. The summed E-state index contributed by atoms with van der Waals surface area (Å²) >= 11 is 1.90. The number of hydrogen-bond donors (Lipinski definition) is 0. The Morgan fingerprint density at radius 1 is 0.805 bits per heavy atom. The van der Waals surface area contributed by atoms with E-state index in [4.69, 9.17) is 10.2 Å². The van der Waals surface area contributed by atoms with Gasteiger partial charge in [0.1, 0.15) is 5.82 Å². The second-order valence-electron chi connectivity index (χ2n) is 11.9. The summed E-state index contributed by atoms with van der Waals surface area (Å²) < 4.78 is 5.05. The van der Waals surface area contributed by atoms with Crippen LogP contribution in [0.4, 0.5) is 0 Å². The number of unbranched alkanes of at least 4 members (excludes halogenated alkanes) is 1. The third-order valence-electron chi connectivity index (χ3n) is 8.56. The maximum absolute atomic E-state index is 4.85. The van der Waals surface area contributed by atoms with Gasteiger partial charge in [0.05, 0.1) is 5.69 Å². The molecule has 0 saturated heterocycles. The molecule has 0 fully saturated rings. The zero-order chi connectivity index (χ0) is 28.7. The maximum atomic E-state index is 4.85. The van der Waals surface area contributed by atoms with E-state index in [0.29, 0.717) is 0 Å². The topological polar surface area (TPSA) is 30.7 Å². The quantitative estimate of drug-likeness (QED) is 0.186. The fourth-order valence-corrected chi connectivity index (χ4v) is 7.31. The third-order valence-corrected chi connectivity index (χ3v) is 9.87. The summed E-state index contributed by atoms with van der Waals surface area (Å²) in [5, 5.41) is 12.4. The first-order chi connectivity index (χ1) is 19.8. The molecular weight excluding hydrogens is 518 g/mol. The van der Waals surface area contributed by atoms with Gasteiger partial charge in [-0.25, -0.2) is 0 Å². The van der Waals surface area contributed by atoms with Crippen LogP contribution in [-0.2, 0) is 11.8 Å². The molecule has 0 radical (unpaired) electrons. The van der Waals surface area contributed by atoms with E-state index in [1.165, 1.54) is 54.4 Å². The van der Waals surface area contributed by atoms with E-state index in [-0.39, 0.29) is 5.41 Å². The summed E-state index contributed by atoms with van der Waals surface area (Å²) in [5.74, 6) is 1.94. The van der Waals surface area contributed by atoms with E-state index in [0.717, 1.165) is 42.2 Å². The molecule has 0 amide bonds. The molecule has 0 N–H and O–H groups in total. The van der Waals surface area contributed by atoms with Gasteiger partial charge in [0.25, 0.3) is 0 Å². The standard InChI is InChI=1S/C37H39N3S/c1-7-9-21-37(5,6)36-39-38-35(28-14-12-13-26(8-2)23-28)40(36)32-20-17-27(22-24(32)3)29-18-19-31-30-15-10-11-16-33(30)41-34(31)25(29)4/h10-20,22-23H,7-9,21H2,1-6H3. The van der Waals surface area contributed by atoms with Crippen molar-refractivity contribution < 1.29 is 0 Å². The first-order valence-corrected chi connectivity index (χ1v) is 15.7. The summed E-state index contributed by atoms with van der Waals surface area (Å²) in [6.07, 6.45) is 4.40. The van der Waals surface area contributed by atoms with Gasteiger partial charge in [-0.3, -0.25) is 4.57 Å². The van der Waals surface area contributed by atoms with Crippen molar-refractivity contribution in [3.8, 4) is 28.2 Å². The van der Waals surface area contributed by atoms with E-state index >= 15 is 0 Å². The largest absolute Gasteiger partial charge is 0.278 e. The van der Waals surface area contributed by atoms with Gasteiger partial charge < -0.3 is 0 Å². The van der Waals surface area contributed by atoms with Gasteiger partial charge in [0.2, 0.25) is 0 Å². The van der Waals surface area contributed by atoms with Crippen LogP contribution in [0.1, 0.15) is 69.5 Å². The Labute approximate surface area is 247 Å². The molecule has 0 aliphatic rings. The molecule has 6 aromatic rings. The van der Waals surface area contributed by atoms with Gasteiger partial charge in [0, 0.05) is 31.2 Å². The Hall–Kier alpha value is -3.76. The fourth-order valence-electron chi connectivity index (χ4n) is 6.11.